The number of halogens is 1. The second kappa shape index (κ2) is 6.77. The average Bonchev–Trinajstić information content (AvgIpc) is 2.95. The van der Waals surface area contributed by atoms with Crippen LogP contribution in [0.2, 0.25) is 0 Å². The van der Waals surface area contributed by atoms with Gasteiger partial charge in [-0.15, -0.1) is 12.4 Å². The van der Waals surface area contributed by atoms with Crippen molar-refractivity contribution in [1.82, 2.24) is 4.90 Å². The van der Waals surface area contributed by atoms with Crippen molar-refractivity contribution < 1.29 is 4.79 Å². The number of nitrogens with zero attached hydrogens (tertiary/aromatic N) is 1. The lowest BCUT2D eigenvalue weighted by Crippen LogP contribution is -2.34. The highest BCUT2D eigenvalue weighted by atomic mass is 35.5. The molecule has 2 aliphatic rings. The van der Waals surface area contributed by atoms with Gasteiger partial charge in [0.05, 0.1) is 6.54 Å². The molecule has 4 nitrogen and oxygen atoms in total. The standard InChI is InChI=1S/C16H23N3O.ClH/c1-11-2-5-13(6-3-11)18-16(20)10-19-8-12-4-7-15(17)14(12)9-19;/h2-3,5-6,12,14-15H,4,7-10,17H2,1H3,(H,18,20);1H. The normalized spacial score (nSPS) is 28.0. The topological polar surface area (TPSA) is 58.4 Å². The first-order chi connectivity index (χ1) is 9.61. The number of amides is 1. The van der Waals surface area contributed by atoms with Crippen molar-refractivity contribution in [3.63, 3.8) is 0 Å². The minimum Gasteiger partial charge on any atom is -0.327 e. The van der Waals surface area contributed by atoms with Gasteiger partial charge in [0.15, 0.2) is 0 Å². The lowest BCUT2D eigenvalue weighted by molar-refractivity contribution is -0.117. The first-order valence-electron chi connectivity index (χ1n) is 7.46. The Bertz CT molecular complexity index is 491. The van der Waals surface area contributed by atoms with Gasteiger partial charge < -0.3 is 11.1 Å². The average molecular weight is 310 g/mol. The molecule has 1 heterocycles. The maximum atomic E-state index is 12.1. The highest BCUT2D eigenvalue weighted by Gasteiger charge is 2.41. The Morgan fingerprint density at radius 2 is 2.00 bits per heavy atom. The molecule has 3 atom stereocenters. The van der Waals surface area contributed by atoms with E-state index in [9.17, 15) is 4.79 Å². The summed E-state index contributed by atoms with van der Waals surface area (Å²) in [6.07, 6.45) is 2.38. The van der Waals surface area contributed by atoms with Crippen LogP contribution in [0, 0.1) is 18.8 Å². The molecule has 0 bridgehead atoms. The van der Waals surface area contributed by atoms with Crippen LogP contribution in [-0.2, 0) is 4.79 Å². The highest BCUT2D eigenvalue weighted by molar-refractivity contribution is 5.92. The number of anilines is 1. The smallest absolute Gasteiger partial charge is 0.238 e. The number of carbonyl (C=O) groups is 1. The molecule has 3 unspecified atom stereocenters. The summed E-state index contributed by atoms with van der Waals surface area (Å²) in [4.78, 5) is 14.3. The van der Waals surface area contributed by atoms with Gasteiger partial charge in [0.25, 0.3) is 0 Å². The van der Waals surface area contributed by atoms with E-state index in [0.717, 1.165) is 25.2 Å². The molecule has 116 valence electrons. The van der Waals surface area contributed by atoms with Gasteiger partial charge >= 0.3 is 0 Å². The number of fused-ring (bicyclic) bond motifs is 1. The lowest BCUT2D eigenvalue weighted by atomic mass is 9.98. The Morgan fingerprint density at radius 1 is 1.29 bits per heavy atom. The van der Waals surface area contributed by atoms with E-state index in [1.54, 1.807) is 0 Å². The zero-order valence-corrected chi connectivity index (χ0v) is 13.2. The third kappa shape index (κ3) is 3.76. The number of likely N-dealkylation sites (tertiary alicyclic amines) is 1. The molecule has 0 spiro atoms. The first kappa shape index (κ1) is 16.3. The Balaban J connectivity index is 0.00000161. The molecule has 1 saturated carbocycles. The van der Waals surface area contributed by atoms with Crippen LogP contribution >= 0.6 is 12.4 Å². The van der Waals surface area contributed by atoms with E-state index in [0.29, 0.717) is 24.4 Å². The number of hydrogen-bond donors (Lipinski definition) is 2. The molecule has 3 rings (SSSR count). The van der Waals surface area contributed by atoms with E-state index >= 15 is 0 Å². The van der Waals surface area contributed by atoms with Crippen molar-refractivity contribution in [2.75, 3.05) is 25.0 Å². The van der Waals surface area contributed by atoms with Crippen molar-refractivity contribution in [3.8, 4) is 0 Å². The zero-order valence-electron chi connectivity index (χ0n) is 12.4. The first-order valence-corrected chi connectivity index (χ1v) is 7.46. The minimum absolute atomic E-state index is 0. The van der Waals surface area contributed by atoms with Crippen LogP contribution in [-0.4, -0.2) is 36.5 Å². The quantitative estimate of drug-likeness (QED) is 0.898. The van der Waals surface area contributed by atoms with Crippen LogP contribution in [0.15, 0.2) is 24.3 Å². The van der Waals surface area contributed by atoms with Crippen molar-refractivity contribution >= 4 is 24.0 Å². The monoisotopic (exact) mass is 309 g/mol. The van der Waals surface area contributed by atoms with E-state index < -0.39 is 0 Å². The second-order valence-corrected chi connectivity index (χ2v) is 6.27. The van der Waals surface area contributed by atoms with E-state index in [-0.39, 0.29) is 18.3 Å². The summed E-state index contributed by atoms with van der Waals surface area (Å²) in [5.41, 5.74) is 8.19. The van der Waals surface area contributed by atoms with Crippen LogP contribution in [0.25, 0.3) is 0 Å². The minimum atomic E-state index is 0. The Morgan fingerprint density at radius 3 is 2.67 bits per heavy atom. The van der Waals surface area contributed by atoms with E-state index in [1.165, 1.54) is 12.0 Å². The molecule has 2 fully saturated rings. The number of rotatable bonds is 3. The summed E-state index contributed by atoms with van der Waals surface area (Å²) < 4.78 is 0. The van der Waals surface area contributed by atoms with E-state index in [4.69, 9.17) is 5.73 Å². The summed E-state index contributed by atoms with van der Waals surface area (Å²) in [5.74, 6) is 1.38. The highest BCUT2D eigenvalue weighted by Crippen LogP contribution is 2.36. The molecule has 1 aromatic rings. The predicted octanol–water partition coefficient (Wildman–Crippen LogP) is 2.02. The lowest BCUT2D eigenvalue weighted by Gasteiger charge is -2.17. The maximum Gasteiger partial charge on any atom is 0.238 e. The summed E-state index contributed by atoms with van der Waals surface area (Å²) >= 11 is 0. The Labute approximate surface area is 132 Å². The van der Waals surface area contributed by atoms with Crippen molar-refractivity contribution in [2.45, 2.75) is 25.8 Å². The molecule has 21 heavy (non-hydrogen) atoms. The van der Waals surface area contributed by atoms with Crippen LogP contribution in [0.5, 0.6) is 0 Å². The van der Waals surface area contributed by atoms with Gasteiger partial charge in [0, 0.05) is 24.8 Å². The molecule has 1 aliphatic heterocycles. The van der Waals surface area contributed by atoms with Gasteiger partial charge in [-0.3, -0.25) is 9.69 Å². The third-order valence-electron chi connectivity index (χ3n) is 4.69. The fourth-order valence-electron chi connectivity index (χ4n) is 3.57. The summed E-state index contributed by atoms with van der Waals surface area (Å²) in [6, 6.07) is 8.25. The predicted molar refractivity (Wildman–Crippen MR) is 87.7 cm³/mol. The number of nitrogens with one attached hydrogen (secondary N) is 1. The Hall–Kier alpha value is -1.10. The summed E-state index contributed by atoms with van der Waals surface area (Å²) in [6.45, 7) is 4.53. The number of benzene rings is 1. The number of nitrogens with two attached hydrogens (primary N) is 1. The van der Waals surface area contributed by atoms with Crippen LogP contribution in [0.3, 0.4) is 0 Å². The molecule has 0 aromatic heterocycles. The van der Waals surface area contributed by atoms with Gasteiger partial charge in [-0.2, -0.15) is 0 Å². The van der Waals surface area contributed by atoms with Gasteiger partial charge in [-0.25, -0.2) is 0 Å². The summed E-state index contributed by atoms with van der Waals surface area (Å²) in [7, 11) is 0. The molecule has 1 aliphatic carbocycles. The number of carbonyl (C=O) groups excluding carboxylic acids is 1. The fraction of sp³-hybridized carbons (Fsp3) is 0.562. The Kier molecular flexibility index (Phi) is 5.25. The van der Waals surface area contributed by atoms with Crippen molar-refractivity contribution in [3.05, 3.63) is 29.8 Å². The van der Waals surface area contributed by atoms with Gasteiger partial charge in [0.2, 0.25) is 5.91 Å². The van der Waals surface area contributed by atoms with Crippen molar-refractivity contribution in [2.24, 2.45) is 17.6 Å². The number of hydrogen-bond acceptors (Lipinski definition) is 3. The molecular weight excluding hydrogens is 286 g/mol. The fourth-order valence-corrected chi connectivity index (χ4v) is 3.57. The van der Waals surface area contributed by atoms with Gasteiger partial charge in [-0.1, -0.05) is 17.7 Å². The molecule has 0 radical (unpaired) electrons. The van der Waals surface area contributed by atoms with E-state index in [1.807, 2.05) is 31.2 Å². The molecule has 1 amide bonds. The second-order valence-electron chi connectivity index (χ2n) is 6.27. The molecule has 3 N–H and O–H groups in total. The van der Waals surface area contributed by atoms with Crippen LogP contribution in [0.1, 0.15) is 18.4 Å². The van der Waals surface area contributed by atoms with Crippen LogP contribution in [0.4, 0.5) is 5.69 Å². The zero-order chi connectivity index (χ0) is 14.1. The van der Waals surface area contributed by atoms with Gasteiger partial charge in [0.1, 0.15) is 0 Å². The maximum absolute atomic E-state index is 12.1. The van der Waals surface area contributed by atoms with E-state index in [2.05, 4.69) is 10.2 Å². The van der Waals surface area contributed by atoms with Gasteiger partial charge in [-0.05, 0) is 43.7 Å². The number of aryl methyl sites for hydroxylation is 1. The SMILES string of the molecule is Cc1ccc(NC(=O)CN2CC3CCC(N)C3C2)cc1.Cl. The third-order valence-corrected chi connectivity index (χ3v) is 4.69. The molecule has 1 saturated heterocycles. The van der Waals surface area contributed by atoms with Crippen molar-refractivity contribution in [1.29, 1.82) is 0 Å². The molecule has 1 aromatic carbocycles. The molecular formula is C16H24ClN3O. The molecule has 5 heteroatoms. The van der Waals surface area contributed by atoms with Crippen LogP contribution < -0.4 is 11.1 Å². The summed E-state index contributed by atoms with van der Waals surface area (Å²) in [5, 5.41) is 2.96. The largest absolute Gasteiger partial charge is 0.327 e.